The summed E-state index contributed by atoms with van der Waals surface area (Å²) in [5.41, 5.74) is 0.985. The third-order valence-electron chi connectivity index (χ3n) is 2.18. The van der Waals surface area contributed by atoms with Gasteiger partial charge in [-0.25, -0.2) is 0 Å². The van der Waals surface area contributed by atoms with Gasteiger partial charge in [0.15, 0.2) is 5.82 Å². The van der Waals surface area contributed by atoms with Gasteiger partial charge in [0.25, 0.3) is 0 Å². The number of rotatable bonds is 4. The van der Waals surface area contributed by atoms with Crippen LogP contribution in [0.1, 0.15) is 17.3 Å². The van der Waals surface area contributed by atoms with Crippen LogP contribution < -0.4 is 5.32 Å². The Kier molecular flexibility index (Phi) is 3.99. The summed E-state index contributed by atoms with van der Waals surface area (Å²) in [5, 5.41) is 7.85. The first-order chi connectivity index (χ1) is 8.19. The number of nitrogens with zero attached hydrogens (tertiary/aromatic N) is 2. The van der Waals surface area contributed by atoms with Crippen molar-refractivity contribution in [3.8, 4) is 0 Å². The maximum atomic E-state index is 5.93. The molecule has 0 spiro atoms. The Morgan fingerprint density at radius 1 is 1.29 bits per heavy atom. The van der Waals surface area contributed by atoms with E-state index in [0.29, 0.717) is 34.7 Å². The summed E-state index contributed by atoms with van der Waals surface area (Å²) in [5.74, 6) is 1.20. The van der Waals surface area contributed by atoms with Gasteiger partial charge in [0, 0.05) is 0 Å². The number of hydrogen-bond donors (Lipinski definition) is 1. The molecule has 0 unspecified atom stereocenters. The zero-order chi connectivity index (χ0) is 12.3. The van der Waals surface area contributed by atoms with Crippen LogP contribution in [-0.4, -0.2) is 17.2 Å². The van der Waals surface area contributed by atoms with Crippen molar-refractivity contribution in [1.82, 2.24) is 15.5 Å². The van der Waals surface area contributed by atoms with Crippen LogP contribution in [0.15, 0.2) is 22.7 Å². The Morgan fingerprint density at radius 2 is 2.12 bits per heavy atom. The zero-order valence-electron chi connectivity index (χ0n) is 9.20. The van der Waals surface area contributed by atoms with E-state index in [-0.39, 0.29) is 0 Å². The molecule has 2 aromatic rings. The number of halogens is 2. The van der Waals surface area contributed by atoms with E-state index < -0.39 is 0 Å². The predicted molar refractivity (Wildman–Crippen MR) is 66.3 cm³/mol. The topological polar surface area (TPSA) is 51.0 Å². The van der Waals surface area contributed by atoms with Gasteiger partial charge in [-0.2, -0.15) is 4.98 Å². The molecule has 0 bridgehead atoms. The molecule has 0 aliphatic rings. The van der Waals surface area contributed by atoms with Gasteiger partial charge in [-0.3, -0.25) is 0 Å². The van der Waals surface area contributed by atoms with Crippen LogP contribution in [0.25, 0.3) is 0 Å². The highest BCUT2D eigenvalue weighted by Gasteiger charge is 2.07. The van der Waals surface area contributed by atoms with Gasteiger partial charge in [0.1, 0.15) is 0 Å². The fourth-order valence-electron chi connectivity index (χ4n) is 1.42. The van der Waals surface area contributed by atoms with Crippen LogP contribution in [0.5, 0.6) is 0 Å². The van der Waals surface area contributed by atoms with E-state index in [2.05, 4.69) is 15.5 Å². The highest BCUT2D eigenvalue weighted by atomic mass is 35.5. The second-order valence-corrected chi connectivity index (χ2v) is 4.37. The van der Waals surface area contributed by atoms with Crippen LogP contribution in [-0.2, 0) is 13.0 Å². The molecule has 0 aliphatic carbocycles. The fraction of sp³-hybridized carbons (Fsp3) is 0.273. The van der Waals surface area contributed by atoms with Gasteiger partial charge < -0.3 is 9.84 Å². The van der Waals surface area contributed by atoms with E-state index in [9.17, 15) is 0 Å². The molecule has 0 saturated carbocycles. The van der Waals surface area contributed by atoms with Crippen molar-refractivity contribution in [3.63, 3.8) is 0 Å². The molecule has 1 aromatic carbocycles. The zero-order valence-corrected chi connectivity index (χ0v) is 10.7. The van der Waals surface area contributed by atoms with Crippen molar-refractivity contribution < 1.29 is 4.52 Å². The van der Waals surface area contributed by atoms with E-state index in [0.717, 1.165) is 5.56 Å². The highest BCUT2D eigenvalue weighted by Crippen LogP contribution is 2.23. The number of benzene rings is 1. The molecular weight excluding hydrogens is 261 g/mol. The average Bonchev–Trinajstić information content (AvgIpc) is 2.72. The van der Waals surface area contributed by atoms with Crippen LogP contribution in [0.4, 0.5) is 0 Å². The van der Waals surface area contributed by atoms with Gasteiger partial charge in [0.2, 0.25) is 5.89 Å². The van der Waals surface area contributed by atoms with Gasteiger partial charge in [-0.15, -0.1) is 0 Å². The van der Waals surface area contributed by atoms with Gasteiger partial charge in [-0.05, 0) is 24.7 Å². The minimum Gasteiger partial charge on any atom is -0.339 e. The third-order valence-corrected chi connectivity index (χ3v) is 2.92. The summed E-state index contributed by atoms with van der Waals surface area (Å²) >= 11 is 11.8. The predicted octanol–water partition coefficient (Wildman–Crippen LogP) is 2.69. The molecule has 17 heavy (non-hydrogen) atoms. The largest absolute Gasteiger partial charge is 0.339 e. The molecule has 0 saturated heterocycles. The Morgan fingerprint density at radius 3 is 2.82 bits per heavy atom. The van der Waals surface area contributed by atoms with Crippen molar-refractivity contribution >= 4 is 23.2 Å². The maximum Gasteiger partial charge on any atom is 0.231 e. The maximum absolute atomic E-state index is 5.93. The smallest absolute Gasteiger partial charge is 0.231 e. The summed E-state index contributed by atoms with van der Waals surface area (Å²) in [7, 11) is 1.83. The first kappa shape index (κ1) is 12.4. The second kappa shape index (κ2) is 5.49. The number of aromatic nitrogens is 2. The fourth-order valence-corrected chi connectivity index (χ4v) is 1.74. The lowest BCUT2D eigenvalue weighted by molar-refractivity contribution is 0.378. The first-order valence-electron chi connectivity index (χ1n) is 5.09. The van der Waals surface area contributed by atoms with Crippen molar-refractivity contribution in [2.45, 2.75) is 13.0 Å². The first-order valence-corrected chi connectivity index (χ1v) is 5.84. The monoisotopic (exact) mass is 271 g/mol. The standard InChI is InChI=1S/C11H11Cl2N3O/c1-14-6-10-15-11(17-16-10)5-7-2-3-8(12)9(13)4-7/h2-4,14H,5-6H2,1H3. The van der Waals surface area contributed by atoms with Crippen LogP contribution in [0, 0.1) is 0 Å². The van der Waals surface area contributed by atoms with E-state index >= 15 is 0 Å². The summed E-state index contributed by atoms with van der Waals surface area (Å²) in [6.07, 6.45) is 0.549. The van der Waals surface area contributed by atoms with Crippen molar-refractivity contribution in [1.29, 1.82) is 0 Å². The summed E-state index contributed by atoms with van der Waals surface area (Å²) < 4.78 is 5.11. The minimum atomic E-state index is 0.527. The second-order valence-electron chi connectivity index (χ2n) is 3.56. The van der Waals surface area contributed by atoms with E-state index in [1.165, 1.54) is 0 Å². The Bertz CT molecular complexity index is 513. The molecule has 2 rings (SSSR count). The van der Waals surface area contributed by atoms with Gasteiger partial charge in [-0.1, -0.05) is 34.4 Å². The van der Waals surface area contributed by atoms with Gasteiger partial charge in [0.05, 0.1) is 23.0 Å². The van der Waals surface area contributed by atoms with Crippen molar-refractivity contribution in [2.75, 3.05) is 7.05 Å². The molecular formula is C11H11Cl2N3O. The molecule has 90 valence electrons. The molecule has 0 amide bonds. The van der Waals surface area contributed by atoms with E-state index in [1.807, 2.05) is 13.1 Å². The quantitative estimate of drug-likeness (QED) is 0.929. The lowest BCUT2D eigenvalue weighted by Gasteiger charge is -1.99. The molecule has 0 radical (unpaired) electrons. The normalized spacial score (nSPS) is 10.8. The van der Waals surface area contributed by atoms with Crippen LogP contribution >= 0.6 is 23.2 Å². The van der Waals surface area contributed by atoms with Crippen molar-refractivity contribution in [2.24, 2.45) is 0 Å². The number of hydrogen-bond acceptors (Lipinski definition) is 4. The van der Waals surface area contributed by atoms with Crippen LogP contribution in [0.2, 0.25) is 10.0 Å². The van der Waals surface area contributed by atoms with Gasteiger partial charge >= 0.3 is 0 Å². The van der Waals surface area contributed by atoms with Crippen molar-refractivity contribution in [3.05, 3.63) is 45.5 Å². The summed E-state index contributed by atoms with van der Waals surface area (Å²) in [6.45, 7) is 0.588. The third kappa shape index (κ3) is 3.19. The highest BCUT2D eigenvalue weighted by molar-refractivity contribution is 6.42. The lowest BCUT2D eigenvalue weighted by atomic mass is 10.1. The van der Waals surface area contributed by atoms with E-state index in [1.54, 1.807) is 12.1 Å². The minimum absolute atomic E-state index is 0.527. The number of nitrogens with one attached hydrogen (secondary N) is 1. The molecule has 6 heteroatoms. The Hall–Kier alpha value is -1.10. The molecule has 0 aliphatic heterocycles. The molecule has 1 aromatic heterocycles. The SMILES string of the molecule is CNCc1noc(Cc2ccc(Cl)c(Cl)c2)n1. The molecule has 0 atom stereocenters. The molecule has 0 fully saturated rings. The molecule has 1 N–H and O–H groups in total. The Balaban J connectivity index is 2.11. The molecule has 1 heterocycles. The lowest BCUT2D eigenvalue weighted by Crippen LogP contribution is -2.06. The average molecular weight is 272 g/mol. The summed E-state index contributed by atoms with van der Waals surface area (Å²) in [4.78, 5) is 4.23. The van der Waals surface area contributed by atoms with E-state index in [4.69, 9.17) is 27.7 Å². The molecule has 4 nitrogen and oxygen atoms in total. The summed E-state index contributed by atoms with van der Waals surface area (Å²) in [6, 6.07) is 5.44. The Labute approximate surface area is 109 Å². The van der Waals surface area contributed by atoms with Crippen LogP contribution in [0.3, 0.4) is 0 Å².